The van der Waals surface area contributed by atoms with Crippen molar-refractivity contribution in [2.45, 2.75) is 25.6 Å². The lowest BCUT2D eigenvalue weighted by Gasteiger charge is -2.17. The first-order valence-electron chi connectivity index (χ1n) is 7.77. The van der Waals surface area contributed by atoms with E-state index in [0.717, 1.165) is 5.56 Å². The summed E-state index contributed by atoms with van der Waals surface area (Å²) in [5, 5.41) is 17.1. The number of hydrogen-bond acceptors (Lipinski definition) is 6. The fourth-order valence-electron chi connectivity index (χ4n) is 2.47. The molecular formula is C16H16F3N5O2. The van der Waals surface area contributed by atoms with E-state index in [1.54, 1.807) is 18.2 Å². The van der Waals surface area contributed by atoms with E-state index >= 15 is 0 Å². The average Bonchev–Trinajstić information content (AvgIpc) is 2.93. The van der Waals surface area contributed by atoms with Gasteiger partial charge in [-0.05, 0) is 30.7 Å². The van der Waals surface area contributed by atoms with Crippen molar-refractivity contribution >= 4 is 29.0 Å². The van der Waals surface area contributed by atoms with Crippen LogP contribution in [0.4, 0.5) is 36.3 Å². The van der Waals surface area contributed by atoms with Gasteiger partial charge < -0.3 is 21.1 Å². The number of carbonyl (C=O) groups excluding carboxylic acids is 1. The standard InChI is InChI=1S/C16H16F3N5O2/c1-8(7-25)21-14-11(16(17,18)19)6-20-15(24-14)22-10-2-3-12-9(4-10)5-13(26)23-12/h2-4,6,8,25H,5,7H2,1H3,(H,23,26)(H2,20,21,22,24). The summed E-state index contributed by atoms with van der Waals surface area (Å²) in [7, 11) is 0. The Morgan fingerprint density at radius 1 is 1.38 bits per heavy atom. The van der Waals surface area contributed by atoms with E-state index in [0.29, 0.717) is 17.6 Å². The third-order valence-electron chi connectivity index (χ3n) is 3.74. The van der Waals surface area contributed by atoms with Crippen LogP contribution in [-0.2, 0) is 17.4 Å². The number of aromatic nitrogens is 2. The molecule has 0 bridgehead atoms. The van der Waals surface area contributed by atoms with Crippen LogP contribution in [0, 0.1) is 0 Å². The van der Waals surface area contributed by atoms with Crippen LogP contribution >= 0.6 is 0 Å². The highest BCUT2D eigenvalue weighted by molar-refractivity contribution is 5.99. The molecule has 0 saturated heterocycles. The van der Waals surface area contributed by atoms with Crippen molar-refractivity contribution in [2.75, 3.05) is 22.6 Å². The van der Waals surface area contributed by atoms with Gasteiger partial charge in [-0.15, -0.1) is 0 Å². The second-order valence-electron chi connectivity index (χ2n) is 5.90. The lowest BCUT2D eigenvalue weighted by atomic mass is 10.1. The summed E-state index contributed by atoms with van der Waals surface area (Å²) in [6, 6.07) is 4.45. The average molecular weight is 367 g/mol. The summed E-state index contributed by atoms with van der Waals surface area (Å²) in [4.78, 5) is 19.0. The first-order valence-corrected chi connectivity index (χ1v) is 7.77. The molecule has 1 aromatic carbocycles. The molecule has 0 spiro atoms. The first kappa shape index (κ1) is 17.9. The minimum atomic E-state index is -4.63. The van der Waals surface area contributed by atoms with Gasteiger partial charge in [-0.25, -0.2) is 4.98 Å². The molecule has 1 amide bonds. The predicted molar refractivity (Wildman–Crippen MR) is 89.3 cm³/mol. The van der Waals surface area contributed by atoms with Crippen LogP contribution in [0.1, 0.15) is 18.1 Å². The number of aliphatic hydroxyl groups is 1. The molecule has 0 radical (unpaired) electrons. The number of nitrogens with zero attached hydrogens (tertiary/aromatic N) is 2. The zero-order valence-electron chi connectivity index (χ0n) is 13.7. The van der Waals surface area contributed by atoms with Gasteiger partial charge in [-0.2, -0.15) is 18.2 Å². The Morgan fingerprint density at radius 2 is 2.15 bits per heavy atom. The molecule has 1 aliphatic rings. The Bertz CT molecular complexity index is 841. The molecule has 0 aliphatic carbocycles. The molecule has 1 aliphatic heterocycles. The largest absolute Gasteiger partial charge is 0.421 e. The molecule has 10 heteroatoms. The van der Waals surface area contributed by atoms with E-state index < -0.39 is 23.6 Å². The fraction of sp³-hybridized carbons (Fsp3) is 0.312. The maximum absolute atomic E-state index is 13.1. The van der Waals surface area contributed by atoms with Crippen molar-refractivity contribution in [1.29, 1.82) is 0 Å². The van der Waals surface area contributed by atoms with E-state index in [4.69, 9.17) is 5.11 Å². The quantitative estimate of drug-likeness (QED) is 0.648. The van der Waals surface area contributed by atoms with Crippen molar-refractivity contribution in [3.05, 3.63) is 35.5 Å². The minimum absolute atomic E-state index is 0.0390. The molecule has 26 heavy (non-hydrogen) atoms. The third kappa shape index (κ3) is 3.85. The van der Waals surface area contributed by atoms with E-state index in [1.165, 1.54) is 6.92 Å². The summed E-state index contributed by atoms with van der Waals surface area (Å²) >= 11 is 0. The number of alkyl halides is 3. The number of amides is 1. The number of rotatable bonds is 5. The van der Waals surface area contributed by atoms with Crippen LogP contribution in [-0.4, -0.2) is 33.6 Å². The van der Waals surface area contributed by atoms with Gasteiger partial charge in [0.2, 0.25) is 11.9 Å². The van der Waals surface area contributed by atoms with Gasteiger partial charge in [-0.3, -0.25) is 4.79 Å². The summed E-state index contributed by atoms with van der Waals surface area (Å²) in [5.74, 6) is -0.579. The molecule has 0 saturated carbocycles. The molecule has 2 aromatic rings. The number of halogens is 3. The molecule has 1 aromatic heterocycles. The van der Waals surface area contributed by atoms with Crippen molar-refractivity contribution in [2.24, 2.45) is 0 Å². The van der Waals surface area contributed by atoms with Gasteiger partial charge in [0.1, 0.15) is 11.4 Å². The minimum Gasteiger partial charge on any atom is -0.394 e. The van der Waals surface area contributed by atoms with Crippen molar-refractivity contribution in [3.8, 4) is 0 Å². The highest BCUT2D eigenvalue weighted by Crippen LogP contribution is 2.34. The number of aliphatic hydroxyl groups excluding tert-OH is 1. The van der Waals surface area contributed by atoms with Crippen LogP contribution in [0.3, 0.4) is 0 Å². The van der Waals surface area contributed by atoms with Gasteiger partial charge in [0.25, 0.3) is 0 Å². The Kier molecular flexibility index (Phi) is 4.68. The zero-order valence-corrected chi connectivity index (χ0v) is 13.7. The second-order valence-corrected chi connectivity index (χ2v) is 5.90. The SMILES string of the molecule is CC(CO)Nc1nc(Nc2ccc3c(c2)CC(=O)N3)ncc1C(F)(F)F. The van der Waals surface area contributed by atoms with Gasteiger partial charge in [0.15, 0.2) is 0 Å². The smallest absolute Gasteiger partial charge is 0.394 e. The maximum atomic E-state index is 13.1. The molecule has 4 N–H and O–H groups in total. The van der Waals surface area contributed by atoms with Gasteiger partial charge in [-0.1, -0.05) is 0 Å². The highest BCUT2D eigenvalue weighted by atomic mass is 19.4. The van der Waals surface area contributed by atoms with Gasteiger partial charge >= 0.3 is 6.18 Å². The number of fused-ring (bicyclic) bond motifs is 1. The number of anilines is 4. The molecule has 7 nitrogen and oxygen atoms in total. The number of carbonyl (C=O) groups is 1. The van der Waals surface area contributed by atoms with E-state index in [9.17, 15) is 18.0 Å². The van der Waals surface area contributed by atoms with Gasteiger partial charge in [0, 0.05) is 23.6 Å². The maximum Gasteiger partial charge on any atom is 0.421 e. The summed E-state index contributed by atoms with van der Waals surface area (Å²) in [6.07, 6.45) is -3.71. The van der Waals surface area contributed by atoms with E-state index in [2.05, 4.69) is 25.9 Å². The molecule has 1 atom stereocenters. The topological polar surface area (TPSA) is 99.2 Å². The van der Waals surface area contributed by atoms with Crippen molar-refractivity contribution < 1.29 is 23.1 Å². The van der Waals surface area contributed by atoms with Crippen LogP contribution in [0.25, 0.3) is 0 Å². The van der Waals surface area contributed by atoms with E-state index in [-0.39, 0.29) is 24.9 Å². The molecule has 3 rings (SSSR count). The molecule has 0 fully saturated rings. The van der Waals surface area contributed by atoms with Crippen molar-refractivity contribution in [1.82, 2.24) is 9.97 Å². The van der Waals surface area contributed by atoms with Crippen LogP contribution in [0.2, 0.25) is 0 Å². The highest BCUT2D eigenvalue weighted by Gasteiger charge is 2.35. The Hall–Kier alpha value is -2.88. The van der Waals surface area contributed by atoms with Crippen LogP contribution in [0.5, 0.6) is 0 Å². The predicted octanol–water partition coefficient (Wildman–Crippen LogP) is 2.53. The molecule has 138 valence electrons. The lowest BCUT2D eigenvalue weighted by molar-refractivity contribution is -0.137. The first-order chi connectivity index (χ1) is 12.3. The zero-order chi connectivity index (χ0) is 18.9. The lowest BCUT2D eigenvalue weighted by Crippen LogP contribution is -2.23. The number of nitrogens with one attached hydrogen (secondary N) is 3. The molecular weight excluding hydrogens is 351 g/mol. The Morgan fingerprint density at radius 3 is 2.85 bits per heavy atom. The third-order valence-corrected chi connectivity index (χ3v) is 3.74. The summed E-state index contributed by atoms with van der Waals surface area (Å²) < 4.78 is 39.3. The Balaban J connectivity index is 1.87. The monoisotopic (exact) mass is 367 g/mol. The second kappa shape index (κ2) is 6.79. The van der Waals surface area contributed by atoms with Crippen LogP contribution in [0.15, 0.2) is 24.4 Å². The number of benzene rings is 1. The van der Waals surface area contributed by atoms with E-state index in [1.807, 2.05) is 0 Å². The summed E-state index contributed by atoms with van der Waals surface area (Å²) in [6.45, 7) is 1.18. The molecule has 1 unspecified atom stereocenters. The van der Waals surface area contributed by atoms with Gasteiger partial charge in [0.05, 0.1) is 13.0 Å². The number of hydrogen-bond donors (Lipinski definition) is 4. The van der Waals surface area contributed by atoms with Crippen molar-refractivity contribution in [3.63, 3.8) is 0 Å². The van der Waals surface area contributed by atoms with Crippen LogP contribution < -0.4 is 16.0 Å². The molecule has 2 heterocycles. The normalized spacial score (nSPS) is 14.6. The fourth-order valence-corrected chi connectivity index (χ4v) is 2.47. The summed E-state index contributed by atoms with van der Waals surface area (Å²) in [5.41, 5.74) is 1.00. The Labute approximate surface area is 146 Å².